The Kier molecular flexibility index (Phi) is 2.99. The van der Waals surface area contributed by atoms with Crippen molar-refractivity contribution >= 4 is 5.91 Å². The molecule has 16 heavy (non-hydrogen) atoms. The van der Waals surface area contributed by atoms with Gasteiger partial charge in [-0.05, 0) is 31.1 Å². The molecule has 1 aliphatic heterocycles. The van der Waals surface area contributed by atoms with Crippen molar-refractivity contribution in [2.24, 2.45) is 11.8 Å². The van der Waals surface area contributed by atoms with Crippen LogP contribution >= 0.6 is 0 Å². The lowest BCUT2D eigenvalue weighted by atomic mass is 10.1. The number of carbonyl (C=O) groups is 1. The highest BCUT2D eigenvalue weighted by Gasteiger charge is 2.59. The zero-order valence-corrected chi connectivity index (χ0v) is 10.9. The molecule has 92 valence electrons. The second-order valence-electron chi connectivity index (χ2n) is 6.10. The van der Waals surface area contributed by atoms with Gasteiger partial charge in [-0.1, -0.05) is 27.7 Å². The Bertz CT molecular complexity index is 282. The van der Waals surface area contributed by atoms with Gasteiger partial charge in [0.05, 0.1) is 11.7 Å². The van der Waals surface area contributed by atoms with Gasteiger partial charge in [-0.25, -0.2) is 0 Å². The fraction of sp³-hybridized carbons (Fsp3) is 0.923. The second-order valence-corrected chi connectivity index (χ2v) is 6.10. The van der Waals surface area contributed by atoms with Crippen LogP contribution in [0.5, 0.6) is 0 Å². The SMILES string of the molecule is CC(C)CCN1C(=O)C2(CC2)NC1C(C)C. The molecular formula is C13H24N2O. The summed E-state index contributed by atoms with van der Waals surface area (Å²) in [6.45, 7) is 9.72. The van der Waals surface area contributed by atoms with E-state index in [1.807, 2.05) is 0 Å². The Hall–Kier alpha value is -0.570. The predicted molar refractivity (Wildman–Crippen MR) is 64.9 cm³/mol. The number of nitrogens with zero attached hydrogens (tertiary/aromatic N) is 1. The highest BCUT2D eigenvalue weighted by atomic mass is 16.2. The summed E-state index contributed by atoms with van der Waals surface area (Å²) in [6.07, 6.45) is 3.43. The zero-order chi connectivity index (χ0) is 11.9. The van der Waals surface area contributed by atoms with Gasteiger partial charge in [-0.15, -0.1) is 0 Å². The number of hydrogen-bond donors (Lipinski definition) is 1. The highest BCUT2D eigenvalue weighted by molar-refractivity contribution is 5.91. The van der Waals surface area contributed by atoms with E-state index >= 15 is 0 Å². The Labute approximate surface area is 98.6 Å². The van der Waals surface area contributed by atoms with E-state index in [2.05, 4.69) is 37.9 Å². The van der Waals surface area contributed by atoms with Gasteiger partial charge in [0.2, 0.25) is 5.91 Å². The van der Waals surface area contributed by atoms with Gasteiger partial charge >= 0.3 is 0 Å². The third-order valence-electron chi connectivity index (χ3n) is 3.76. The molecule has 3 heteroatoms. The summed E-state index contributed by atoms with van der Waals surface area (Å²) in [4.78, 5) is 14.4. The van der Waals surface area contributed by atoms with Crippen molar-refractivity contribution in [2.75, 3.05) is 6.54 Å². The average molecular weight is 224 g/mol. The summed E-state index contributed by atoms with van der Waals surface area (Å²) in [6, 6.07) is 0. The molecule has 0 aromatic rings. The number of carbonyl (C=O) groups excluding carboxylic acids is 1. The second kappa shape index (κ2) is 4.02. The molecule has 1 saturated heterocycles. The van der Waals surface area contributed by atoms with Crippen molar-refractivity contribution in [3.8, 4) is 0 Å². The molecule has 1 aliphatic carbocycles. The molecule has 1 atom stereocenters. The van der Waals surface area contributed by atoms with Crippen LogP contribution in [0.3, 0.4) is 0 Å². The molecule has 0 aromatic heterocycles. The number of rotatable bonds is 4. The first-order chi connectivity index (χ1) is 7.46. The van der Waals surface area contributed by atoms with Crippen molar-refractivity contribution in [1.29, 1.82) is 0 Å². The van der Waals surface area contributed by atoms with E-state index in [-0.39, 0.29) is 11.7 Å². The van der Waals surface area contributed by atoms with Gasteiger partial charge in [-0.3, -0.25) is 10.1 Å². The molecule has 1 saturated carbocycles. The van der Waals surface area contributed by atoms with Crippen molar-refractivity contribution in [3.05, 3.63) is 0 Å². The molecule has 2 aliphatic rings. The van der Waals surface area contributed by atoms with Gasteiger partial charge in [0, 0.05) is 6.54 Å². The van der Waals surface area contributed by atoms with E-state index in [1.165, 1.54) is 0 Å². The zero-order valence-electron chi connectivity index (χ0n) is 10.9. The summed E-state index contributed by atoms with van der Waals surface area (Å²) < 4.78 is 0. The Balaban J connectivity index is 2.04. The Morgan fingerprint density at radius 2 is 2.00 bits per heavy atom. The molecule has 0 bridgehead atoms. The summed E-state index contributed by atoms with van der Waals surface area (Å²) in [5.74, 6) is 1.51. The lowest BCUT2D eigenvalue weighted by Gasteiger charge is -2.27. The van der Waals surface area contributed by atoms with Crippen LogP contribution in [0.2, 0.25) is 0 Å². The molecule has 3 nitrogen and oxygen atoms in total. The van der Waals surface area contributed by atoms with Crippen LogP contribution in [-0.4, -0.2) is 29.1 Å². The molecule has 0 aromatic carbocycles. The van der Waals surface area contributed by atoms with E-state index < -0.39 is 0 Å². The summed E-state index contributed by atoms with van der Waals surface area (Å²) in [5, 5.41) is 3.54. The molecule has 1 unspecified atom stereocenters. The first-order valence-corrected chi connectivity index (χ1v) is 6.55. The van der Waals surface area contributed by atoms with Gasteiger partial charge in [-0.2, -0.15) is 0 Å². The Morgan fingerprint density at radius 1 is 1.38 bits per heavy atom. The summed E-state index contributed by atoms with van der Waals surface area (Å²) in [7, 11) is 0. The first-order valence-electron chi connectivity index (χ1n) is 6.55. The quantitative estimate of drug-likeness (QED) is 0.792. The van der Waals surface area contributed by atoms with Crippen LogP contribution in [0.25, 0.3) is 0 Å². The van der Waals surface area contributed by atoms with Gasteiger partial charge in [0.1, 0.15) is 0 Å². The predicted octanol–water partition coefficient (Wildman–Crippen LogP) is 1.98. The van der Waals surface area contributed by atoms with Crippen molar-refractivity contribution in [3.63, 3.8) is 0 Å². The van der Waals surface area contributed by atoms with E-state index in [1.54, 1.807) is 0 Å². The van der Waals surface area contributed by atoms with Crippen LogP contribution < -0.4 is 5.32 Å². The van der Waals surface area contributed by atoms with E-state index in [9.17, 15) is 4.79 Å². The van der Waals surface area contributed by atoms with Crippen LogP contribution in [-0.2, 0) is 4.79 Å². The number of nitrogens with one attached hydrogen (secondary N) is 1. The van der Waals surface area contributed by atoms with Crippen LogP contribution in [0.4, 0.5) is 0 Å². The first kappa shape index (κ1) is 11.9. The van der Waals surface area contributed by atoms with Crippen molar-refractivity contribution in [1.82, 2.24) is 10.2 Å². The summed E-state index contributed by atoms with van der Waals surface area (Å²) in [5.41, 5.74) is -0.147. The third kappa shape index (κ3) is 1.97. The molecule has 1 heterocycles. The molecule has 1 amide bonds. The lowest BCUT2D eigenvalue weighted by Crippen LogP contribution is -2.42. The normalized spacial score (nSPS) is 27.5. The van der Waals surface area contributed by atoms with Crippen LogP contribution in [0, 0.1) is 11.8 Å². The van der Waals surface area contributed by atoms with Gasteiger partial charge < -0.3 is 4.90 Å². The molecule has 2 fully saturated rings. The molecule has 1 N–H and O–H groups in total. The topological polar surface area (TPSA) is 32.3 Å². The lowest BCUT2D eigenvalue weighted by molar-refractivity contribution is -0.131. The van der Waals surface area contributed by atoms with E-state index in [0.29, 0.717) is 17.7 Å². The Morgan fingerprint density at radius 3 is 2.44 bits per heavy atom. The monoisotopic (exact) mass is 224 g/mol. The van der Waals surface area contributed by atoms with E-state index in [4.69, 9.17) is 0 Å². The summed E-state index contributed by atoms with van der Waals surface area (Å²) >= 11 is 0. The minimum atomic E-state index is -0.147. The fourth-order valence-corrected chi connectivity index (χ4v) is 2.47. The largest absolute Gasteiger partial charge is 0.325 e. The maximum absolute atomic E-state index is 12.3. The average Bonchev–Trinajstić information content (AvgIpc) is 2.90. The molecule has 1 spiro atoms. The number of amides is 1. The van der Waals surface area contributed by atoms with Crippen molar-refractivity contribution < 1.29 is 4.79 Å². The third-order valence-corrected chi connectivity index (χ3v) is 3.76. The highest BCUT2D eigenvalue weighted by Crippen LogP contribution is 2.43. The van der Waals surface area contributed by atoms with Crippen LogP contribution in [0.1, 0.15) is 47.0 Å². The fourth-order valence-electron chi connectivity index (χ4n) is 2.47. The number of hydrogen-bond acceptors (Lipinski definition) is 2. The molecular weight excluding hydrogens is 200 g/mol. The van der Waals surface area contributed by atoms with E-state index in [0.717, 1.165) is 25.8 Å². The smallest absolute Gasteiger partial charge is 0.244 e. The maximum Gasteiger partial charge on any atom is 0.244 e. The molecule has 0 radical (unpaired) electrons. The minimum Gasteiger partial charge on any atom is -0.325 e. The minimum absolute atomic E-state index is 0.147. The van der Waals surface area contributed by atoms with Gasteiger partial charge in [0.15, 0.2) is 0 Å². The van der Waals surface area contributed by atoms with Crippen LogP contribution in [0.15, 0.2) is 0 Å². The molecule has 2 rings (SSSR count). The van der Waals surface area contributed by atoms with Crippen molar-refractivity contribution in [2.45, 2.75) is 58.7 Å². The van der Waals surface area contributed by atoms with Gasteiger partial charge in [0.25, 0.3) is 0 Å². The maximum atomic E-state index is 12.3. The standard InChI is InChI=1S/C13H24N2O/c1-9(2)5-8-15-11(10(3)4)14-13(6-7-13)12(15)16/h9-11,14H,5-8H2,1-4H3.